The van der Waals surface area contributed by atoms with E-state index in [1.807, 2.05) is 44.2 Å². The summed E-state index contributed by atoms with van der Waals surface area (Å²) in [5.41, 5.74) is 4.08. The standard InChI is InChI=1S/C23H25BrN4O6/c1-12(2)21(27-22(32)15-8-7-13-5-3-4-6-14(13)25-15)17-9-19(34-28-17)23(33)26-16(10-20(30)31)18(29)11-24/h3-9,12,16,19,21,28H,10-11H2,1-2H3,(H,26,33)(H,27,32)(H,30,31)/t16-,19?,21-/m0/s1. The molecule has 1 aromatic heterocycles. The second-order valence-corrected chi connectivity index (χ2v) is 8.67. The number of fused-ring (bicyclic) bond motifs is 1. The van der Waals surface area contributed by atoms with E-state index < -0.39 is 42.3 Å². The first kappa shape index (κ1) is 25.3. The highest BCUT2D eigenvalue weighted by Gasteiger charge is 2.33. The number of hydroxylamine groups is 1. The first-order valence-corrected chi connectivity index (χ1v) is 11.7. The van der Waals surface area contributed by atoms with E-state index >= 15 is 0 Å². The minimum Gasteiger partial charge on any atom is -0.481 e. The van der Waals surface area contributed by atoms with Gasteiger partial charge in [0.05, 0.1) is 35.0 Å². The van der Waals surface area contributed by atoms with E-state index in [0.29, 0.717) is 11.2 Å². The maximum atomic E-state index is 12.9. The summed E-state index contributed by atoms with van der Waals surface area (Å²) >= 11 is 2.98. The molecule has 0 aliphatic carbocycles. The number of nitrogens with zero attached hydrogens (tertiary/aromatic N) is 1. The van der Waals surface area contributed by atoms with Gasteiger partial charge in [0, 0.05) is 5.39 Å². The van der Waals surface area contributed by atoms with Crippen molar-refractivity contribution in [1.29, 1.82) is 0 Å². The number of aliphatic carboxylic acids is 1. The predicted octanol–water partition coefficient (Wildman–Crippen LogP) is 1.70. The van der Waals surface area contributed by atoms with E-state index in [-0.39, 0.29) is 22.8 Å². The fraction of sp³-hybridized carbons (Fsp3) is 0.348. The molecule has 2 heterocycles. The van der Waals surface area contributed by atoms with Gasteiger partial charge in [-0.2, -0.15) is 0 Å². The molecule has 0 spiro atoms. The Hall–Kier alpha value is -3.31. The quantitative estimate of drug-likeness (QED) is 0.338. The number of nitrogens with one attached hydrogen (secondary N) is 3. The molecular formula is C23H25BrN4O6. The summed E-state index contributed by atoms with van der Waals surface area (Å²) in [4.78, 5) is 58.2. The number of amides is 2. The number of halogens is 1. The van der Waals surface area contributed by atoms with Gasteiger partial charge in [-0.25, -0.2) is 4.98 Å². The molecule has 1 aliphatic rings. The molecule has 0 bridgehead atoms. The second-order valence-electron chi connectivity index (χ2n) is 8.11. The van der Waals surface area contributed by atoms with Crippen LogP contribution in [0.3, 0.4) is 0 Å². The van der Waals surface area contributed by atoms with Gasteiger partial charge in [-0.15, -0.1) is 0 Å². The molecule has 10 nitrogen and oxygen atoms in total. The number of alkyl halides is 1. The number of para-hydroxylation sites is 1. The van der Waals surface area contributed by atoms with Crippen molar-refractivity contribution in [3.8, 4) is 0 Å². The zero-order valence-corrected chi connectivity index (χ0v) is 20.2. The molecule has 3 rings (SSSR count). The Bertz CT molecular complexity index is 1140. The van der Waals surface area contributed by atoms with E-state index in [9.17, 15) is 19.2 Å². The van der Waals surface area contributed by atoms with Crippen molar-refractivity contribution in [2.24, 2.45) is 5.92 Å². The van der Waals surface area contributed by atoms with Crippen molar-refractivity contribution in [1.82, 2.24) is 21.1 Å². The molecule has 1 aromatic carbocycles. The van der Waals surface area contributed by atoms with Gasteiger partial charge in [-0.3, -0.25) is 29.5 Å². The van der Waals surface area contributed by atoms with Crippen molar-refractivity contribution in [2.75, 3.05) is 5.33 Å². The zero-order chi connectivity index (χ0) is 24.8. The monoisotopic (exact) mass is 532 g/mol. The number of ketones is 1. The van der Waals surface area contributed by atoms with Crippen LogP contribution in [0.25, 0.3) is 10.9 Å². The zero-order valence-electron chi connectivity index (χ0n) is 18.6. The summed E-state index contributed by atoms with van der Waals surface area (Å²) < 4.78 is 0. The first-order valence-electron chi connectivity index (χ1n) is 10.6. The molecule has 1 aliphatic heterocycles. The van der Waals surface area contributed by atoms with E-state index in [0.717, 1.165) is 5.39 Å². The predicted molar refractivity (Wildman–Crippen MR) is 127 cm³/mol. The average molecular weight is 533 g/mol. The highest BCUT2D eigenvalue weighted by atomic mass is 79.9. The fourth-order valence-electron chi connectivity index (χ4n) is 3.44. The van der Waals surface area contributed by atoms with Gasteiger partial charge in [-0.1, -0.05) is 54.0 Å². The molecule has 0 saturated heterocycles. The number of aromatic nitrogens is 1. The van der Waals surface area contributed by atoms with E-state index in [1.54, 1.807) is 6.07 Å². The third-order valence-electron chi connectivity index (χ3n) is 5.23. The number of carboxylic acids is 1. The lowest BCUT2D eigenvalue weighted by Gasteiger charge is -2.23. The highest BCUT2D eigenvalue weighted by molar-refractivity contribution is 9.09. The SMILES string of the molecule is CC(C)[C@H](NC(=O)c1ccc2ccccc2n1)C1=CC(C(=O)N[C@@H](CC(=O)O)C(=O)CBr)ON1. The molecule has 3 atom stereocenters. The molecule has 1 unspecified atom stereocenters. The largest absolute Gasteiger partial charge is 0.481 e. The van der Waals surface area contributed by atoms with Gasteiger partial charge in [0.1, 0.15) is 5.69 Å². The Morgan fingerprint density at radius 2 is 1.88 bits per heavy atom. The number of rotatable bonds is 10. The summed E-state index contributed by atoms with van der Waals surface area (Å²) in [5.74, 6) is -2.81. The number of benzene rings is 1. The topological polar surface area (TPSA) is 147 Å². The third kappa shape index (κ3) is 6.17. The Morgan fingerprint density at radius 3 is 2.56 bits per heavy atom. The lowest BCUT2D eigenvalue weighted by Crippen LogP contribution is -2.47. The molecule has 0 radical (unpaired) electrons. The van der Waals surface area contributed by atoms with Crippen LogP contribution in [0.2, 0.25) is 0 Å². The number of Topliss-reactive ketones (excluding diaryl/α,β-unsaturated/α-hetero) is 1. The van der Waals surface area contributed by atoms with Crippen LogP contribution < -0.4 is 16.1 Å². The summed E-state index contributed by atoms with van der Waals surface area (Å²) in [6.07, 6.45) is -0.160. The van der Waals surface area contributed by atoms with Crippen molar-refractivity contribution >= 4 is 50.4 Å². The summed E-state index contributed by atoms with van der Waals surface area (Å²) in [5, 5.41) is 15.1. The summed E-state index contributed by atoms with van der Waals surface area (Å²) in [6.45, 7) is 3.79. The van der Waals surface area contributed by atoms with Gasteiger partial charge < -0.3 is 15.7 Å². The van der Waals surface area contributed by atoms with Crippen LogP contribution in [0.15, 0.2) is 48.2 Å². The summed E-state index contributed by atoms with van der Waals surface area (Å²) in [7, 11) is 0. The van der Waals surface area contributed by atoms with Gasteiger partial charge in [0.2, 0.25) is 0 Å². The van der Waals surface area contributed by atoms with E-state index in [2.05, 4.69) is 37.0 Å². The lowest BCUT2D eigenvalue weighted by molar-refractivity contribution is -0.141. The van der Waals surface area contributed by atoms with Crippen molar-refractivity contribution in [3.63, 3.8) is 0 Å². The molecule has 2 amide bonds. The van der Waals surface area contributed by atoms with Crippen LogP contribution in [0.5, 0.6) is 0 Å². The Labute approximate surface area is 204 Å². The van der Waals surface area contributed by atoms with Crippen LogP contribution >= 0.6 is 15.9 Å². The van der Waals surface area contributed by atoms with Crippen LogP contribution in [0.1, 0.15) is 30.8 Å². The highest BCUT2D eigenvalue weighted by Crippen LogP contribution is 2.18. The minimum atomic E-state index is -1.22. The number of carbonyl (C=O) groups excluding carboxylic acids is 3. The number of pyridine rings is 1. The van der Waals surface area contributed by atoms with Crippen LogP contribution in [0.4, 0.5) is 0 Å². The number of carboxylic acid groups (broad SMARTS) is 1. The van der Waals surface area contributed by atoms with Crippen molar-refractivity contribution in [3.05, 3.63) is 53.9 Å². The van der Waals surface area contributed by atoms with Crippen LogP contribution in [-0.4, -0.2) is 57.2 Å². The van der Waals surface area contributed by atoms with Crippen LogP contribution in [0, 0.1) is 5.92 Å². The van der Waals surface area contributed by atoms with Gasteiger partial charge in [0.25, 0.3) is 11.8 Å². The van der Waals surface area contributed by atoms with Crippen LogP contribution in [-0.2, 0) is 19.2 Å². The van der Waals surface area contributed by atoms with E-state index in [1.165, 1.54) is 6.08 Å². The second kappa shape index (κ2) is 11.2. The number of hydrogen-bond donors (Lipinski definition) is 4. The maximum Gasteiger partial charge on any atom is 0.305 e. The van der Waals surface area contributed by atoms with Crippen molar-refractivity contribution < 1.29 is 29.1 Å². The molecule has 2 aromatic rings. The molecular weight excluding hydrogens is 508 g/mol. The van der Waals surface area contributed by atoms with E-state index in [4.69, 9.17) is 9.94 Å². The number of hydrogen-bond acceptors (Lipinski definition) is 7. The third-order valence-corrected chi connectivity index (χ3v) is 5.78. The maximum absolute atomic E-state index is 12.9. The first-order chi connectivity index (χ1) is 16.2. The Morgan fingerprint density at radius 1 is 1.15 bits per heavy atom. The molecule has 180 valence electrons. The molecule has 11 heteroatoms. The molecule has 34 heavy (non-hydrogen) atoms. The van der Waals surface area contributed by atoms with Gasteiger partial charge in [0.15, 0.2) is 11.9 Å². The van der Waals surface area contributed by atoms with Crippen molar-refractivity contribution in [2.45, 2.75) is 38.5 Å². The lowest BCUT2D eigenvalue weighted by atomic mass is 9.99. The molecule has 0 saturated carbocycles. The normalized spacial score (nSPS) is 16.9. The summed E-state index contributed by atoms with van der Waals surface area (Å²) in [6, 6.07) is 9.22. The number of carbonyl (C=O) groups is 4. The Kier molecular flexibility index (Phi) is 8.35. The smallest absolute Gasteiger partial charge is 0.305 e. The molecule has 0 fully saturated rings. The fourth-order valence-corrected chi connectivity index (χ4v) is 3.83. The van der Waals surface area contributed by atoms with Gasteiger partial charge >= 0.3 is 5.97 Å². The Balaban J connectivity index is 1.71. The molecule has 4 N–H and O–H groups in total. The van der Waals surface area contributed by atoms with Gasteiger partial charge in [-0.05, 0) is 24.1 Å². The minimum absolute atomic E-state index is 0.0664. The average Bonchev–Trinajstić information content (AvgIpc) is 3.30.